The van der Waals surface area contributed by atoms with E-state index in [0.29, 0.717) is 0 Å². The Morgan fingerprint density at radius 1 is 1.28 bits per heavy atom. The van der Waals surface area contributed by atoms with Crippen LogP contribution < -0.4 is 0 Å². The van der Waals surface area contributed by atoms with Gasteiger partial charge in [-0.15, -0.1) is 0 Å². The van der Waals surface area contributed by atoms with Crippen LogP contribution in [0.5, 0.6) is 0 Å². The molecule has 0 aromatic rings. The van der Waals surface area contributed by atoms with Crippen molar-refractivity contribution in [1.82, 2.24) is 4.90 Å². The molecule has 0 aliphatic heterocycles. The van der Waals surface area contributed by atoms with Gasteiger partial charge in [-0.25, -0.2) is 0 Å². The molecular weight excluding hydrogens is 222 g/mol. The van der Waals surface area contributed by atoms with Crippen molar-refractivity contribution in [2.45, 2.75) is 58.8 Å². The first kappa shape index (κ1) is 14.0. The average molecular weight is 251 g/mol. The van der Waals surface area contributed by atoms with Gasteiger partial charge in [0.15, 0.2) is 0 Å². The van der Waals surface area contributed by atoms with Crippen molar-refractivity contribution in [1.29, 1.82) is 0 Å². The van der Waals surface area contributed by atoms with E-state index in [1.54, 1.807) is 0 Å². The van der Waals surface area contributed by atoms with Crippen LogP contribution in [0.2, 0.25) is 0 Å². The molecule has 2 heteroatoms. The lowest BCUT2D eigenvalue weighted by molar-refractivity contribution is -0.120. The summed E-state index contributed by atoms with van der Waals surface area (Å²) in [5.74, 6) is 1.64. The number of hydrogen-bond donors (Lipinski definition) is 0. The lowest BCUT2D eigenvalue weighted by atomic mass is 9.70. The lowest BCUT2D eigenvalue weighted by Gasteiger charge is -2.41. The predicted octanol–water partition coefficient (Wildman–Crippen LogP) is 3.50. The minimum Gasteiger partial charge on any atom is -0.303 e. The van der Waals surface area contributed by atoms with Crippen LogP contribution in [0.4, 0.5) is 0 Å². The summed E-state index contributed by atoms with van der Waals surface area (Å²) in [4.78, 5) is 14.2. The second-order valence-corrected chi connectivity index (χ2v) is 6.81. The normalized spacial score (nSPS) is 33.4. The number of hydrogen-bond acceptors (Lipinski definition) is 2. The number of carbonyl (C=O) groups is 1. The van der Waals surface area contributed by atoms with E-state index in [9.17, 15) is 4.79 Å². The van der Waals surface area contributed by atoms with E-state index in [0.717, 1.165) is 37.8 Å². The summed E-state index contributed by atoms with van der Waals surface area (Å²) in [6.07, 6.45) is 10.3. The standard InChI is InChI=1S/C16H29NO/c1-3-17(11-15-7-4-8-15)12-16(13-18)9-5-6-14(2)10-16/h13-15H,3-12H2,1-2H3. The van der Waals surface area contributed by atoms with Gasteiger partial charge >= 0.3 is 0 Å². The lowest BCUT2D eigenvalue weighted by Crippen LogP contribution is -2.44. The second kappa shape index (κ2) is 6.18. The highest BCUT2D eigenvalue weighted by molar-refractivity contribution is 5.60. The molecule has 2 saturated carbocycles. The third kappa shape index (κ3) is 3.34. The maximum Gasteiger partial charge on any atom is 0.127 e. The van der Waals surface area contributed by atoms with Gasteiger partial charge in [-0.05, 0) is 44.1 Å². The Morgan fingerprint density at radius 3 is 2.56 bits per heavy atom. The topological polar surface area (TPSA) is 20.3 Å². The highest BCUT2D eigenvalue weighted by Gasteiger charge is 2.36. The van der Waals surface area contributed by atoms with Gasteiger partial charge in [-0.1, -0.05) is 33.1 Å². The molecule has 0 heterocycles. The Balaban J connectivity index is 1.91. The Labute approximate surface area is 112 Å². The second-order valence-electron chi connectivity index (χ2n) is 6.81. The molecule has 0 aromatic heterocycles. The van der Waals surface area contributed by atoms with E-state index in [4.69, 9.17) is 0 Å². The SMILES string of the molecule is CCN(CC1CCC1)CC1(C=O)CCCC(C)C1. The summed E-state index contributed by atoms with van der Waals surface area (Å²) in [6, 6.07) is 0. The van der Waals surface area contributed by atoms with E-state index >= 15 is 0 Å². The highest BCUT2D eigenvalue weighted by atomic mass is 16.1. The fourth-order valence-electron chi connectivity index (χ4n) is 3.78. The van der Waals surface area contributed by atoms with Crippen molar-refractivity contribution < 1.29 is 4.79 Å². The summed E-state index contributed by atoms with van der Waals surface area (Å²) in [7, 11) is 0. The molecule has 0 amide bonds. The minimum absolute atomic E-state index is 0.0303. The van der Waals surface area contributed by atoms with Gasteiger partial charge < -0.3 is 9.69 Å². The Bertz CT molecular complexity index is 274. The number of carbonyl (C=O) groups excluding carboxylic acids is 1. The fraction of sp³-hybridized carbons (Fsp3) is 0.938. The number of rotatable bonds is 6. The molecular formula is C16H29NO. The van der Waals surface area contributed by atoms with Crippen LogP contribution in [0.3, 0.4) is 0 Å². The summed E-state index contributed by atoms with van der Waals surface area (Å²) in [5, 5.41) is 0. The largest absolute Gasteiger partial charge is 0.303 e. The molecule has 0 bridgehead atoms. The van der Waals surface area contributed by atoms with Gasteiger partial charge in [0.1, 0.15) is 6.29 Å². The zero-order valence-electron chi connectivity index (χ0n) is 12.2. The molecule has 0 spiro atoms. The average Bonchev–Trinajstić information content (AvgIpc) is 2.32. The van der Waals surface area contributed by atoms with E-state index in [-0.39, 0.29) is 5.41 Å². The van der Waals surface area contributed by atoms with Crippen LogP contribution in [0, 0.1) is 17.3 Å². The Hall–Kier alpha value is -0.370. The summed E-state index contributed by atoms with van der Waals surface area (Å²) >= 11 is 0. The van der Waals surface area contributed by atoms with Crippen molar-refractivity contribution in [2.75, 3.05) is 19.6 Å². The van der Waals surface area contributed by atoms with Gasteiger partial charge in [0.2, 0.25) is 0 Å². The van der Waals surface area contributed by atoms with Gasteiger partial charge in [0.25, 0.3) is 0 Å². The quantitative estimate of drug-likeness (QED) is 0.673. The van der Waals surface area contributed by atoms with Gasteiger partial charge in [-0.2, -0.15) is 0 Å². The first-order valence-corrected chi connectivity index (χ1v) is 7.86. The summed E-state index contributed by atoms with van der Waals surface area (Å²) < 4.78 is 0. The van der Waals surface area contributed by atoms with Crippen molar-refractivity contribution in [3.63, 3.8) is 0 Å². The molecule has 2 fully saturated rings. The van der Waals surface area contributed by atoms with Crippen molar-refractivity contribution >= 4 is 6.29 Å². The predicted molar refractivity (Wildman–Crippen MR) is 75.6 cm³/mol. The summed E-state index contributed by atoms with van der Waals surface area (Å²) in [6.45, 7) is 7.87. The fourth-order valence-corrected chi connectivity index (χ4v) is 3.78. The Morgan fingerprint density at radius 2 is 2.06 bits per heavy atom. The molecule has 2 aliphatic carbocycles. The van der Waals surface area contributed by atoms with Crippen molar-refractivity contribution in [3.05, 3.63) is 0 Å². The smallest absolute Gasteiger partial charge is 0.127 e. The number of nitrogens with zero attached hydrogens (tertiary/aromatic N) is 1. The van der Waals surface area contributed by atoms with E-state index in [2.05, 4.69) is 18.7 Å². The minimum atomic E-state index is -0.0303. The van der Waals surface area contributed by atoms with Crippen LogP contribution in [0.15, 0.2) is 0 Å². The van der Waals surface area contributed by atoms with Crippen LogP contribution in [-0.4, -0.2) is 30.8 Å². The number of aldehydes is 1. The molecule has 2 atom stereocenters. The molecule has 0 aromatic carbocycles. The molecule has 0 saturated heterocycles. The molecule has 18 heavy (non-hydrogen) atoms. The van der Waals surface area contributed by atoms with Crippen molar-refractivity contribution in [3.8, 4) is 0 Å². The monoisotopic (exact) mass is 251 g/mol. The molecule has 2 unspecified atom stereocenters. The van der Waals surface area contributed by atoms with E-state index in [1.165, 1.54) is 44.9 Å². The van der Waals surface area contributed by atoms with E-state index in [1.807, 2.05) is 0 Å². The zero-order valence-corrected chi connectivity index (χ0v) is 12.2. The first-order chi connectivity index (χ1) is 8.67. The third-order valence-electron chi connectivity index (χ3n) is 5.10. The maximum absolute atomic E-state index is 11.6. The van der Waals surface area contributed by atoms with Crippen LogP contribution >= 0.6 is 0 Å². The zero-order chi connectivity index (χ0) is 13.0. The molecule has 2 aliphatic rings. The van der Waals surface area contributed by atoms with Crippen molar-refractivity contribution in [2.24, 2.45) is 17.3 Å². The molecule has 104 valence electrons. The Kier molecular flexibility index (Phi) is 4.83. The van der Waals surface area contributed by atoms with Gasteiger partial charge in [-0.3, -0.25) is 0 Å². The molecule has 0 radical (unpaired) electrons. The maximum atomic E-state index is 11.6. The summed E-state index contributed by atoms with van der Waals surface area (Å²) in [5.41, 5.74) is -0.0303. The highest BCUT2D eigenvalue weighted by Crippen LogP contribution is 2.39. The van der Waals surface area contributed by atoms with E-state index < -0.39 is 0 Å². The van der Waals surface area contributed by atoms with Gasteiger partial charge in [0.05, 0.1) is 0 Å². The first-order valence-electron chi connectivity index (χ1n) is 7.86. The van der Waals surface area contributed by atoms with Crippen LogP contribution in [0.25, 0.3) is 0 Å². The van der Waals surface area contributed by atoms with Crippen LogP contribution in [-0.2, 0) is 4.79 Å². The molecule has 0 N–H and O–H groups in total. The molecule has 2 nitrogen and oxygen atoms in total. The third-order valence-corrected chi connectivity index (χ3v) is 5.10. The van der Waals surface area contributed by atoms with Gasteiger partial charge in [0, 0.05) is 18.5 Å². The van der Waals surface area contributed by atoms with Crippen LogP contribution in [0.1, 0.15) is 58.8 Å². The molecule has 2 rings (SSSR count).